The minimum absolute atomic E-state index is 0.00354. The molecule has 7 nitrogen and oxygen atoms in total. The Morgan fingerprint density at radius 2 is 2.00 bits per heavy atom. The maximum absolute atomic E-state index is 13.9. The summed E-state index contributed by atoms with van der Waals surface area (Å²) < 4.78 is 63.2. The van der Waals surface area contributed by atoms with Crippen molar-refractivity contribution in [3.63, 3.8) is 0 Å². The van der Waals surface area contributed by atoms with E-state index < -0.39 is 34.5 Å². The van der Waals surface area contributed by atoms with Crippen molar-refractivity contribution in [1.82, 2.24) is 18.8 Å². The van der Waals surface area contributed by atoms with Crippen molar-refractivity contribution in [3.8, 4) is 11.4 Å². The third kappa shape index (κ3) is 5.52. The number of alkyl halides is 2. The van der Waals surface area contributed by atoms with Crippen LogP contribution in [0.2, 0.25) is 0 Å². The van der Waals surface area contributed by atoms with E-state index in [1.54, 1.807) is 23.0 Å². The molecule has 1 fully saturated rings. The lowest BCUT2D eigenvalue weighted by Gasteiger charge is -2.36. The second-order valence-electron chi connectivity index (χ2n) is 7.64. The zero-order valence-corrected chi connectivity index (χ0v) is 17.5. The molecule has 1 aliphatic rings. The predicted octanol–water partition coefficient (Wildman–Crippen LogP) is 2.76. The van der Waals surface area contributed by atoms with Crippen LogP contribution in [0.25, 0.3) is 5.69 Å². The third-order valence-corrected chi connectivity index (χ3v) is 6.57. The summed E-state index contributed by atoms with van der Waals surface area (Å²) in [6.07, 6.45) is 2.94. The molecule has 0 spiro atoms. The fourth-order valence-electron chi connectivity index (χ4n) is 3.31. The van der Waals surface area contributed by atoms with Gasteiger partial charge in [0.05, 0.1) is 18.5 Å². The van der Waals surface area contributed by atoms with Gasteiger partial charge in [0.1, 0.15) is 5.75 Å². The minimum Gasteiger partial charge on any atom is -0.493 e. The van der Waals surface area contributed by atoms with E-state index in [1.807, 2.05) is 25.3 Å². The second kappa shape index (κ2) is 8.37. The van der Waals surface area contributed by atoms with Crippen LogP contribution in [0.4, 0.5) is 8.78 Å². The highest BCUT2D eigenvalue weighted by Gasteiger charge is 2.43. The first kappa shape index (κ1) is 21.7. The summed E-state index contributed by atoms with van der Waals surface area (Å²) in [5.74, 6) is -2.93. The van der Waals surface area contributed by atoms with Gasteiger partial charge in [0.15, 0.2) is 0 Å². The van der Waals surface area contributed by atoms with Crippen LogP contribution in [0.5, 0.6) is 5.75 Å². The molecule has 1 aliphatic carbocycles. The van der Waals surface area contributed by atoms with Gasteiger partial charge in [0, 0.05) is 45.1 Å². The lowest BCUT2D eigenvalue weighted by atomic mass is 9.83. The number of hydrogen-bond donors (Lipinski definition) is 1. The third-order valence-electron chi connectivity index (χ3n) is 5.01. The van der Waals surface area contributed by atoms with E-state index in [0.29, 0.717) is 5.75 Å². The molecule has 3 rings (SSSR count). The summed E-state index contributed by atoms with van der Waals surface area (Å²) in [4.78, 5) is 0. The average Bonchev–Trinajstić information content (AvgIpc) is 3.08. The Kier molecular flexibility index (Phi) is 6.25. The van der Waals surface area contributed by atoms with E-state index in [0.717, 1.165) is 15.6 Å². The zero-order valence-electron chi connectivity index (χ0n) is 16.7. The molecule has 10 heteroatoms. The first-order chi connectivity index (χ1) is 13.6. The van der Waals surface area contributed by atoms with Crippen LogP contribution in [-0.4, -0.2) is 55.2 Å². The second-order valence-corrected chi connectivity index (χ2v) is 9.55. The Labute approximate surface area is 169 Å². The molecule has 0 radical (unpaired) electrons. The molecule has 0 amide bonds. The highest BCUT2D eigenvalue weighted by atomic mass is 32.2. The molecule has 1 aromatic heterocycles. The number of aryl methyl sites for hydroxylation is 1. The summed E-state index contributed by atoms with van der Waals surface area (Å²) in [7, 11) is -0.919. The van der Waals surface area contributed by atoms with Crippen molar-refractivity contribution in [2.45, 2.75) is 38.2 Å². The van der Waals surface area contributed by atoms with Gasteiger partial charge in [-0.15, -0.1) is 0 Å². The van der Waals surface area contributed by atoms with Gasteiger partial charge in [-0.3, -0.25) is 0 Å². The fourth-order valence-corrected chi connectivity index (χ4v) is 4.21. The van der Waals surface area contributed by atoms with Crippen LogP contribution < -0.4 is 9.46 Å². The van der Waals surface area contributed by atoms with Crippen LogP contribution in [0, 0.1) is 12.8 Å². The van der Waals surface area contributed by atoms with Gasteiger partial charge in [-0.25, -0.2) is 13.5 Å². The van der Waals surface area contributed by atoms with Gasteiger partial charge in [-0.05, 0) is 43.2 Å². The smallest absolute Gasteiger partial charge is 0.279 e. The Balaban J connectivity index is 1.67. The first-order valence-corrected chi connectivity index (χ1v) is 10.8. The molecule has 1 saturated carbocycles. The van der Waals surface area contributed by atoms with Gasteiger partial charge in [-0.1, -0.05) is 0 Å². The summed E-state index contributed by atoms with van der Waals surface area (Å²) in [6, 6.07) is 6.53. The van der Waals surface area contributed by atoms with Crippen molar-refractivity contribution >= 4 is 10.2 Å². The normalized spacial score (nSPS) is 22.0. The van der Waals surface area contributed by atoms with Crippen LogP contribution in [-0.2, 0) is 10.2 Å². The van der Waals surface area contributed by atoms with Crippen molar-refractivity contribution < 1.29 is 21.9 Å². The van der Waals surface area contributed by atoms with Crippen LogP contribution in [0.1, 0.15) is 24.8 Å². The van der Waals surface area contributed by atoms with Crippen molar-refractivity contribution in [3.05, 3.63) is 42.2 Å². The molecule has 0 aliphatic heterocycles. The summed E-state index contributed by atoms with van der Waals surface area (Å²) in [5.41, 5.74) is 1.89. The molecule has 2 unspecified atom stereocenters. The Bertz CT molecular complexity index is 929. The molecular weight excluding hydrogens is 402 g/mol. The summed E-state index contributed by atoms with van der Waals surface area (Å²) >= 11 is 0. The molecule has 160 valence electrons. The van der Waals surface area contributed by atoms with E-state index in [1.165, 1.54) is 14.1 Å². The molecular formula is C19H26F2N4O3S. The van der Waals surface area contributed by atoms with Gasteiger partial charge in [0.2, 0.25) is 5.92 Å². The predicted molar refractivity (Wildman–Crippen MR) is 106 cm³/mol. The van der Waals surface area contributed by atoms with Crippen LogP contribution in [0.3, 0.4) is 0 Å². The summed E-state index contributed by atoms with van der Waals surface area (Å²) in [5, 5.41) is 4.23. The first-order valence-electron chi connectivity index (χ1n) is 9.38. The van der Waals surface area contributed by atoms with Crippen LogP contribution >= 0.6 is 0 Å². The number of nitrogens with one attached hydrogen (secondary N) is 1. The molecule has 1 aromatic carbocycles. The zero-order chi connectivity index (χ0) is 21.2. The molecule has 0 saturated heterocycles. The highest BCUT2D eigenvalue weighted by molar-refractivity contribution is 7.87. The maximum atomic E-state index is 13.9. The monoisotopic (exact) mass is 428 g/mol. The number of aromatic nitrogens is 2. The van der Waals surface area contributed by atoms with Crippen molar-refractivity contribution in [2.24, 2.45) is 5.92 Å². The lowest BCUT2D eigenvalue weighted by Crippen LogP contribution is -2.51. The average molecular weight is 429 g/mol. The number of hydrogen-bond acceptors (Lipinski definition) is 4. The summed E-state index contributed by atoms with van der Waals surface area (Å²) in [6.45, 7) is 1.94. The van der Waals surface area contributed by atoms with E-state index in [2.05, 4.69) is 9.82 Å². The van der Waals surface area contributed by atoms with Crippen molar-refractivity contribution in [1.29, 1.82) is 0 Å². The molecule has 1 heterocycles. The molecule has 29 heavy (non-hydrogen) atoms. The Morgan fingerprint density at radius 3 is 2.59 bits per heavy atom. The highest BCUT2D eigenvalue weighted by Crippen LogP contribution is 2.37. The number of rotatable bonds is 7. The maximum Gasteiger partial charge on any atom is 0.279 e. The quantitative estimate of drug-likeness (QED) is 0.736. The fraction of sp³-hybridized carbons (Fsp3) is 0.526. The lowest BCUT2D eigenvalue weighted by molar-refractivity contribution is -0.0662. The SMILES string of the molecule is Cc1cnn(-c2ccc(OCC3CC(F)(F)CCC3NS(=O)(=O)N(C)C)cc2)c1. The van der Waals surface area contributed by atoms with E-state index >= 15 is 0 Å². The minimum atomic E-state index is -3.71. The molecule has 2 atom stereocenters. The number of benzene rings is 1. The van der Waals surface area contributed by atoms with E-state index in [9.17, 15) is 17.2 Å². The molecule has 0 bridgehead atoms. The van der Waals surface area contributed by atoms with Gasteiger partial charge in [-0.2, -0.15) is 22.5 Å². The largest absolute Gasteiger partial charge is 0.493 e. The van der Waals surface area contributed by atoms with E-state index in [4.69, 9.17) is 4.74 Å². The van der Waals surface area contributed by atoms with Gasteiger partial charge < -0.3 is 4.74 Å². The van der Waals surface area contributed by atoms with Crippen LogP contribution in [0.15, 0.2) is 36.7 Å². The molecule has 2 aromatic rings. The number of nitrogens with zero attached hydrogens (tertiary/aromatic N) is 3. The Morgan fingerprint density at radius 1 is 1.31 bits per heavy atom. The standard InChI is InChI=1S/C19H26F2N4O3S/c1-14-11-22-25(12-14)16-4-6-17(7-5-16)28-13-15-10-19(20,21)9-8-18(15)23-29(26,27)24(2)3/h4-7,11-12,15,18,23H,8-10,13H2,1-3H3. The number of halogens is 2. The van der Waals surface area contributed by atoms with Gasteiger partial charge in [0.25, 0.3) is 10.2 Å². The van der Waals surface area contributed by atoms with E-state index in [-0.39, 0.29) is 19.4 Å². The van der Waals surface area contributed by atoms with Gasteiger partial charge >= 0.3 is 0 Å². The van der Waals surface area contributed by atoms with Crippen molar-refractivity contribution in [2.75, 3.05) is 20.7 Å². The Hall–Kier alpha value is -2.04. The molecule has 1 N–H and O–H groups in total. The number of ether oxygens (including phenoxy) is 1. The topological polar surface area (TPSA) is 76.5 Å².